The van der Waals surface area contributed by atoms with E-state index >= 15 is 0 Å². The number of piperidine rings is 2. The van der Waals surface area contributed by atoms with Gasteiger partial charge in [-0.15, -0.1) is 0 Å². The third-order valence-electron chi connectivity index (χ3n) is 5.29. The largest absolute Gasteiger partial charge is 0.345 e. The molecule has 6 nitrogen and oxygen atoms in total. The highest BCUT2D eigenvalue weighted by atomic mass is 16.1. The maximum atomic E-state index is 10.9. The van der Waals surface area contributed by atoms with E-state index in [9.17, 15) is 4.79 Å². The van der Waals surface area contributed by atoms with Crippen LogP contribution in [0.2, 0.25) is 0 Å². The van der Waals surface area contributed by atoms with Crippen LogP contribution in [0.3, 0.4) is 0 Å². The van der Waals surface area contributed by atoms with Crippen molar-refractivity contribution in [2.75, 3.05) is 26.2 Å². The zero-order chi connectivity index (χ0) is 15.6. The molecule has 0 unspecified atom stereocenters. The number of rotatable bonds is 3. The summed E-state index contributed by atoms with van der Waals surface area (Å²) in [7, 11) is 0. The molecule has 0 bridgehead atoms. The fourth-order valence-corrected chi connectivity index (χ4v) is 3.89. The van der Waals surface area contributed by atoms with Gasteiger partial charge in [-0.2, -0.15) is 0 Å². The summed E-state index contributed by atoms with van der Waals surface area (Å²) in [5.74, 6) is 2.08. The van der Waals surface area contributed by atoms with Crippen molar-refractivity contribution in [2.24, 2.45) is 0 Å². The van der Waals surface area contributed by atoms with Gasteiger partial charge in [-0.1, -0.05) is 0 Å². The molecule has 1 amide bonds. The van der Waals surface area contributed by atoms with Gasteiger partial charge in [-0.05, 0) is 56.3 Å². The van der Waals surface area contributed by atoms with Gasteiger partial charge in [0.2, 0.25) is 6.41 Å². The minimum Gasteiger partial charge on any atom is -0.345 e. The van der Waals surface area contributed by atoms with Crippen LogP contribution in [0.5, 0.6) is 0 Å². The topological polar surface area (TPSA) is 73.9 Å². The van der Waals surface area contributed by atoms with Crippen LogP contribution in [-0.4, -0.2) is 52.4 Å². The average Bonchev–Trinajstić information content (AvgIpc) is 3.07. The summed E-state index contributed by atoms with van der Waals surface area (Å²) < 4.78 is 0. The van der Waals surface area contributed by atoms with Crippen LogP contribution in [0.1, 0.15) is 48.9 Å². The Hall–Kier alpha value is -1.95. The minimum absolute atomic E-state index is 0.484. The standard InChI is InChI=1S/C17H23N5O/c23-11-22-9-4-12(5-10-22)14-3-8-19-17-15(14)20-16(21-17)13-1-6-18-7-2-13/h3,8,11-13,18H,1-2,4-7,9-10H2,(H,19,20,21). The highest BCUT2D eigenvalue weighted by molar-refractivity contribution is 5.75. The van der Waals surface area contributed by atoms with Crippen molar-refractivity contribution >= 4 is 17.6 Å². The minimum atomic E-state index is 0.484. The smallest absolute Gasteiger partial charge is 0.209 e. The molecule has 4 rings (SSSR count). The number of imidazole rings is 1. The molecule has 2 aliphatic rings. The van der Waals surface area contributed by atoms with Crippen molar-refractivity contribution < 1.29 is 4.79 Å². The van der Waals surface area contributed by atoms with E-state index in [1.54, 1.807) is 0 Å². The molecule has 0 spiro atoms. The van der Waals surface area contributed by atoms with Crippen LogP contribution in [-0.2, 0) is 4.79 Å². The van der Waals surface area contributed by atoms with E-state index in [0.29, 0.717) is 11.8 Å². The van der Waals surface area contributed by atoms with Crippen molar-refractivity contribution in [2.45, 2.75) is 37.5 Å². The Bertz CT molecular complexity index is 683. The lowest BCUT2D eigenvalue weighted by Crippen LogP contribution is -2.31. The van der Waals surface area contributed by atoms with Crippen LogP contribution in [0.4, 0.5) is 0 Å². The van der Waals surface area contributed by atoms with Crippen LogP contribution in [0.15, 0.2) is 12.3 Å². The quantitative estimate of drug-likeness (QED) is 0.847. The summed E-state index contributed by atoms with van der Waals surface area (Å²) in [6.45, 7) is 3.80. The Morgan fingerprint density at radius 1 is 1.13 bits per heavy atom. The Morgan fingerprint density at radius 3 is 2.65 bits per heavy atom. The predicted molar refractivity (Wildman–Crippen MR) is 88.3 cm³/mol. The first-order valence-corrected chi connectivity index (χ1v) is 8.59. The molecule has 0 atom stereocenters. The number of amides is 1. The second kappa shape index (κ2) is 6.28. The van der Waals surface area contributed by atoms with Crippen molar-refractivity contribution in [3.8, 4) is 0 Å². The highest BCUT2D eigenvalue weighted by Gasteiger charge is 2.24. The first-order chi connectivity index (χ1) is 11.3. The highest BCUT2D eigenvalue weighted by Crippen LogP contribution is 2.33. The SMILES string of the molecule is O=CN1CCC(c2ccnc3nc(C4CCNCC4)[nH]c23)CC1. The Morgan fingerprint density at radius 2 is 1.91 bits per heavy atom. The van der Waals surface area contributed by atoms with E-state index in [-0.39, 0.29) is 0 Å². The van der Waals surface area contributed by atoms with E-state index in [1.807, 2.05) is 11.1 Å². The van der Waals surface area contributed by atoms with Crippen molar-refractivity contribution in [1.29, 1.82) is 0 Å². The van der Waals surface area contributed by atoms with E-state index in [1.165, 1.54) is 5.56 Å². The number of hydrogen-bond acceptors (Lipinski definition) is 4. The Kier molecular flexibility index (Phi) is 3.99. The molecule has 23 heavy (non-hydrogen) atoms. The fraction of sp³-hybridized carbons (Fsp3) is 0.588. The number of carbonyl (C=O) groups is 1. The van der Waals surface area contributed by atoms with Gasteiger partial charge in [0.25, 0.3) is 0 Å². The van der Waals surface area contributed by atoms with E-state index in [0.717, 1.165) is 75.3 Å². The summed E-state index contributed by atoms with van der Waals surface area (Å²) in [6, 6.07) is 2.12. The molecular weight excluding hydrogens is 290 g/mol. The number of likely N-dealkylation sites (tertiary alicyclic amines) is 1. The second-order valence-corrected chi connectivity index (χ2v) is 6.66. The van der Waals surface area contributed by atoms with Gasteiger partial charge >= 0.3 is 0 Å². The van der Waals surface area contributed by atoms with Crippen LogP contribution < -0.4 is 5.32 Å². The molecule has 122 valence electrons. The zero-order valence-electron chi connectivity index (χ0n) is 13.3. The number of fused-ring (bicyclic) bond motifs is 1. The van der Waals surface area contributed by atoms with Gasteiger partial charge in [0.15, 0.2) is 5.65 Å². The first kappa shape index (κ1) is 14.6. The van der Waals surface area contributed by atoms with Crippen LogP contribution in [0.25, 0.3) is 11.2 Å². The maximum Gasteiger partial charge on any atom is 0.209 e. The van der Waals surface area contributed by atoms with Crippen molar-refractivity contribution in [1.82, 2.24) is 25.2 Å². The lowest BCUT2D eigenvalue weighted by atomic mass is 9.89. The molecule has 6 heteroatoms. The third-order valence-corrected chi connectivity index (χ3v) is 5.29. The Labute approximate surface area is 135 Å². The van der Waals surface area contributed by atoms with Gasteiger partial charge in [-0.25, -0.2) is 9.97 Å². The molecular formula is C17H23N5O. The normalized spacial score (nSPS) is 21.0. The number of pyridine rings is 1. The molecule has 0 saturated carbocycles. The van der Waals surface area contributed by atoms with Gasteiger partial charge in [0.05, 0.1) is 5.52 Å². The van der Waals surface area contributed by atoms with Crippen molar-refractivity contribution in [3.05, 3.63) is 23.7 Å². The lowest BCUT2D eigenvalue weighted by Gasteiger charge is -2.29. The number of aromatic amines is 1. The molecule has 0 aliphatic carbocycles. The second-order valence-electron chi connectivity index (χ2n) is 6.66. The van der Waals surface area contributed by atoms with E-state index in [4.69, 9.17) is 4.98 Å². The molecule has 2 aromatic rings. The van der Waals surface area contributed by atoms with Crippen LogP contribution >= 0.6 is 0 Å². The van der Waals surface area contributed by atoms with Gasteiger partial charge in [-0.3, -0.25) is 4.79 Å². The fourth-order valence-electron chi connectivity index (χ4n) is 3.89. The number of nitrogens with one attached hydrogen (secondary N) is 2. The molecule has 2 N–H and O–H groups in total. The Balaban J connectivity index is 1.62. The maximum absolute atomic E-state index is 10.9. The third kappa shape index (κ3) is 2.83. The zero-order valence-corrected chi connectivity index (χ0v) is 13.3. The summed E-state index contributed by atoms with van der Waals surface area (Å²) in [5.41, 5.74) is 3.26. The monoisotopic (exact) mass is 313 g/mol. The van der Waals surface area contributed by atoms with E-state index < -0.39 is 0 Å². The summed E-state index contributed by atoms with van der Waals surface area (Å²) in [5, 5.41) is 3.40. The van der Waals surface area contributed by atoms with Crippen LogP contribution in [0, 0.1) is 0 Å². The van der Waals surface area contributed by atoms with Gasteiger partial charge in [0, 0.05) is 25.2 Å². The number of nitrogens with zero attached hydrogens (tertiary/aromatic N) is 3. The summed E-state index contributed by atoms with van der Waals surface area (Å²) in [4.78, 5) is 25.5. The molecule has 0 aromatic carbocycles. The molecule has 4 heterocycles. The number of aromatic nitrogens is 3. The molecule has 2 aromatic heterocycles. The number of carbonyl (C=O) groups excluding carboxylic acids is 1. The summed E-state index contributed by atoms with van der Waals surface area (Å²) in [6.07, 6.45) is 7.12. The van der Waals surface area contributed by atoms with Gasteiger partial charge < -0.3 is 15.2 Å². The molecule has 2 fully saturated rings. The number of hydrogen-bond donors (Lipinski definition) is 2. The summed E-state index contributed by atoms with van der Waals surface area (Å²) >= 11 is 0. The lowest BCUT2D eigenvalue weighted by molar-refractivity contribution is -0.119. The number of H-pyrrole nitrogens is 1. The van der Waals surface area contributed by atoms with Crippen molar-refractivity contribution in [3.63, 3.8) is 0 Å². The first-order valence-electron chi connectivity index (χ1n) is 8.59. The molecule has 2 aliphatic heterocycles. The van der Waals surface area contributed by atoms with Gasteiger partial charge in [0.1, 0.15) is 5.82 Å². The predicted octanol–water partition coefficient (Wildman–Crippen LogP) is 1.76. The van der Waals surface area contributed by atoms with E-state index in [2.05, 4.69) is 21.4 Å². The molecule has 2 saturated heterocycles. The molecule has 0 radical (unpaired) electrons. The average molecular weight is 313 g/mol.